The van der Waals surface area contributed by atoms with Crippen molar-refractivity contribution in [1.82, 2.24) is 10.3 Å². The number of carbonyl (C=O) groups is 1. The third kappa shape index (κ3) is 5.37. The van der Waals surface area contributed by atoms with Gasteiger partial charge in [-0.05, 0) is 23.9 Å². The molecular weight excluding hydrogens is 267 g/mol. The summed E-state index contributed by atoms with van der Waals surface area (Å²) in [4.78, 5) is 15.5. The minimum Gasteiger partial charge on any atom is -0.351 e. The van der Waals surface area contributed by atoms with Gasteiger partial charge in [-0.15, -0.1) is 0 Å². The molecule has 1 heterocycles. The molecule has 0 aliphatic carbocycles. The predicted molar refractivity (Wildman–Crippen MR) is 63.0 cm³/mol. The molecule has 100 valence electrons. The van der Waals surface area contributed by atoms with Gasteiger partial charge in [-0.2, -0.15) is 13.2 Å². The van der Waals surface area contributed by atoms with Crippen molar-refractivity contribution in [2.45, 2.75) is 12.1 Å². The van der Waals surface area contributed by atoms with E-state index >= 15 is 0 Å². The first-order valence-electron chi connectivity index (χ1n) is 5.06. The van der Waals surface area contributed by atoms with Gasteiger partial charge in [0.2, 0.25) is 0 Å². The number of aromatic nitrogens is 1. The first-order valence-corrected chi connectivity index (χ1v) is 6.05. The topological polar surface area (TPSA) is 68.0 Å². The largest absolute Gasteiger partial charge is 0.441 e. The van der Waals surface area contributed by atoms with Crippen LogP contribution in [0.3, 0.4) is 0 Å². The fraction of sp³-hybridized carbons (Fsp3) is 0.400. The average Bonchev–Trinajstić information content (AvgIpc) is 2.33. The van der Waals surface area contributed by atoms with Crippen molar-refractivity contribution < 1.29 is 18.0 Å². The second-order valence-electron chi connectivity index (χ2n) is 3.29. The fourth-order valence-corrected chi connectivity index (χ4v) is 1.60. The van der Waals surface area contributed by atoms with Crippen LogP contribution in [0, 0.1) is 0 Å². The van der Waals surface area contributed by atoms with Crippen LogP contribution in [0.1, 0.15) is 16.1 Å². The normalized spacial score (nSPS) is 11.3. The zero-order chi connectivity index (χ0) is 13.6. The first kappa shape index (κ1) is 14.8. The zero-order valence-corrected chi connectivity index (χ0v) is 10.1. The molecule has 0 spiro atoms. The molecule has 1 aromatic rings. The minimum atomic E-state index is -4.27. The van der Waals surface area contributed by atoms with Crippen molar-refractivity contribution >= 4 is 17.7 Å². The van der Waals surface area contributed by atoms with Gasteiger partial charge in [0.15, 0.2) is 0 Å². The third-order valence-corrected chi connectivity index (χ3v) is 2.68. The van der Waals surface area contributed by atoms with Crippen LogP contribution in [0.2, 0.25) is 0 Å². The van der Waals surface area contributed by atoms with Crippen molar-refractivity contribution in [3.8, 4) is 0 Å². The van der Waals surface area contributed by atoms with Crippen molar-refractivity contribution in [1.29, 1.82) is 0 Å². The molecule has 0 aliphatic heterocycles. The number of nitrogens with two attached hydrogens (primary N) is 1. The molecule has 1 aromatic heterocycles. The van der Waals surface area contributed by atoms with E-state index in [1.165, 1.54) is 18.3 Å². The molecule has 0 atom stereocenters. The zero-order valence-electron chi connectivity index (χ0n) is 9.33. The smallest absolute Gasteiger partial charge is 0.351 e. The number of thioether (sulfide) groups is 1. The SMILES string of the molecule is NCc1cc(C(=O)NCCSC(F)(F)F)ccn1. The summed E-state index contributed by atoms with van der Waals surface area (Å²) in [7, 11) is 0. The Morgan fingerprint density at radius 1 is 1.50 bits per heavy atom. The Morgan fingerprint density at radius 2 is 2.22 bits per heavy atom. The van der Waals surface area contributed by atoms with E-state index in [2.05, 4.69) is 10.3 Å². The standard InChI is InChI=1S/C10H12F3N3OS/c11-10(12,13)18-4-3-16-9(17)7-1-2-15-8(5-7)6-14/h1-2,5H,3-4,6,14H2,(H,16,17). The molecular formula is C10H12F3N3OS. The molecule has 0 saturated heterocycles. The summed E-state index contributed by atoms with van der Waals surface area (Å²) in [6.07, 6.45) is 1.43. The highest BCUT2D eigenvalue weighted by Crippen LogP contribution is 2.29. The van der Waals surface area contributed by atoms with E-state index < -0.39 is 11.4 Å². The van der Waals surface area contributed by atoms with Crippen molar-refractivity contribution in [3.63, 3.8) is 0 Å². The molecule has 3 N–H and O–H groups in total. The highest BCUT2D eigenvalue weighted by molar-refractivity contribution is 8.00. The number of nitrogens with zero attached hydrogens (tertiary/aromatic N) is 1. The molecule has 0 fully saturated rings. The Labute approximate surface area is 106 Å². The monoisotopic (exact) mass is 279 g/mol. The van der Waals surface area contributed by atoms with E-state index in [4.69, 9.17) is 5.73 Å². The number of alkyl halides is 3. The molecule has 0 aliphatic rings. The van der Waals surface area contributed by atoms with E-state index in [1.807, 2.05) is 0 Å². The van der Waals surface area contributed by atoms with Crippen LogP contribution in [-0.2, 0) is 6.54 Å². The number of amides is 1. The van der Waals surface area contributed by atoms with E-state index in [1.54, 1.807) is 0 Å². The number of halogens is 3. The molecule has 0 bridgehead atoms. The number of hydrogen-bond donors (Lipinski definition) is 2. The lowest BCUT2D eigenvalue weighted by atomic mass is 10.2. The van der Waals surface area contributed by atoms with Gasteiger partial charge in [-0.25, -0.2) is 0 Å². The summed E-state index contributed by atoms with van der Waals surface area (Å²) in [5.41, 5.74) is 1.98. The maximum atomic E-state index is 11.8. The van der Waals surface area contributed by atoms with Crippen LogP contribution in [0.4, 0.5) is 13.2 Å². The molecule has 0 unspecified atom stereocenters. The summed E-state index contributed by atoms with van der Waals surface area (Å²) in [5.74, 6) is -0.653. The van der Waals surface area contributed by atoms with E-state index in [9.17, 15) is 18.0 Å². The van der Waals surface area contributed by atoms with Crippen LogP contribution in [0.5, 0.6) is 0 Å². The lowest BCUT2D eigenvalue weighted by Crippen LogP contribution is -2.26. The highest BCUT2D eigenvalue weighted by atomic mass is 32.2. The van der Waals surface area contributed by atoms with Gasteiger partial charge in [-0.1, -0.05) is 0 Å². The van der Waals surface area contributed by atoms with Gasteiger partial charge in [0, 0.05) is 30.6 Å². The number of hydrogen-bond acceptors (Lipinski definition) is 4. The van der Waals surface area contributed by atoms with Gasteiger partial charge in [0.05, 0.1) is 5.69 Å². The molecule has 18 heavy (non-hydrogen) atoms. The van der Waals surface area contributed by atoms with Gasteiger partial charge in [0.25, 0.3) is 5.91 Å². The minimum absolute atomic E-state index is 0.0523. The van der Waals surface area contributed by atoms with E-state index in [0.29, 0.717) is 11.3 Å². The average molecular weight is 279 g/mol. The van der Waals surface area contributed by atoms with Gasteiger partial charge in [-0.3, -0.25) is 9.78 Å². The van der Waals surface area contributed by atoms with Gasteiger partial charge < -0.3 is 11.1 Å². The quantitative estimate of drug-likeness (QED) is 0.802. The summed E-state index contributed by atoms with van der Waals surface area (Å²) in [6.45, 7) is 0.147. The van der Waals surface area contributed by atoms with Crippen molar-refractivity contribution in [2.75, 3.05) is 12.3 Å². The Morgan fingerprint density at radius 3 is 2.83 bits per heavy atom. The summed E-state index contributed by atoms with van der Waals surface area (Å²) in [6, 6.07) is 2.98. The first-order chi connectivity index (χ1) is 8.42. The second-order valence-corrected chi connectivity index (χ2v) is 4.45. The number of pyridine rings is 1. The number of rotatable bonds is 5. The lowest BCUT2D eigenvalue weighted by molar-refractivity contribution is -0.0327. The summed E-state index contributed by atoms with van der Waals surface area (Å²) in [5, 5.41) is 2.39. The highest BCUT2D eigenvalue weighted by Gasteiger charge is 2.27. The Balaban J connectivity index is 2.41. The van der Waals surface area contributed by atoms with Crippen molar-refractivity contribution in [3.05, 3.63) is 29.6 Å². The maximum Gasteiger partial charge on any atom is 0.441 e. The summed E-state index contributed by atoms with van der Waals surface area (Å²) >= 11 is -0.169. The summed E-state index contributed by atoms with van der Waals surface area (Å²) < 4.78 is 35.5. The van der Waals surface area contributed by atoms with Crippen LogP contribution < -0.4 is 11.1 Å². The molecule has 1 rings (SSSR count). The van der Waals surface area contributed by atoms with Crippen molar-refractivity contribution in [2.24, 2.45) is 5.73 Å². The Bertz CT molecular complexity index is 412. The number of nitrogens with one attached hydrogen (secondary N) is 1. The van der Waals surface area contributed by atoms with Crippen LogP contribution in [0.25, 0.3) is 0 Å². The van der Waals surface area contributed by atoms with E-state index in [0.717, 1.165) is 0 Å². The molecule has 0 saturated carbocycles. The maximum absolute atomic E-state index is 11.8. The van der Waals surface area contributed by atoms with Gasteiger partial charge >= 0.3 is 5.51 Å². The second kappa shape index (κ2) is 6.60. The molecule has 4 nitrogen and oxygen atoms in total. The molecule has 0 aromatic carbocycles. The molecule has 0 radical (unpaired) electrons. The lowest BCUT2D eigenvalue weighted by Gasteiger charge is -2.07. The Hall–Kier alpha value is -1.28. The molecule has 8 heteroatoms. The van der Waals surface area contributed by atoms with Crippen LogP contribution >= 0.6 is 11.8 Å². The van der Waals surface area contributed by atoms with Gasteiger partial charge in [0.1, 0.15) is 0 Å². The Kier molecular flexibility index (Phi) is 5.42. The van der Waals surface area contributed by atoms with Crippen LogP contribution in [-0.4, -0.2) is 28.7 Å². The fourth-order valence-electron chi connectivity index (χ4n) is 1.16. The predicted octanol–water partition coefficient (Wildman–Crippen LogP) is 1.52. The van der Waals surface area contributed by atoms with E-state index in [-0.39, 0.29) is 30.6 Å². The third-order valence-electron chi connectivity index (χ3n) is 1.94. The molecule has 1 amide bonds. The van der Waals surface area contributed by atoms with Crippen LogP contribution in [0.15, 0.2) is 18.3 Å². The number of carbonyl (C=O) groups excluding carboxylic acids is 1.